The first-order chi connectivity index (χ1) is 13.7. The fourth-order valence-electron chi connectivity index (χ4n) is 3.06. The van der Waals surface area contributed by atoms with Gasteiger partial charge in [-0.1, -0.05) is 36.4 Å². The number of nitrogens with zero attached hydrogens (tertiary/aromatic N) is 3. The Hall–Kier alpha value is -2.57. The van der Waals surface area contributed by atoms with Gasteiger partial charge in [-0.05, 0) is 59.7 Å². The summed E-state index contributed by atoms with van der Waals surface area (Å²) in [6.45, 7) is 11.9. The summed E-state index contributed by atoms with van der Waals surface area (Å²) in [4.78, 5) is 0. The predicted octanol–water partition coefficient (Wildman–Crippen LogP) is 4.96. The van der Waals surface area contributed by atoms with Crippen LogP contribution in [0.1, 0.15) is 44.6 Å². The van der Waals surface area contributed by atoms with E-state index in [1.807, 2.05) is 84.0 Å². The molecule has 0 saturated heterocycles. The number of benzene rings is 1. The van der Waals surface area contributed by atoms with Gasteiger partial charge in [-0.2, -0.15) is 0 Å². The van der Waals surface area contributed by atoms with Crippen LogP contribution in [0.3, 0.4) is 0 Å². The van der Waals surface area contributed by atoms with Gasteiger partial charge in [-0.15, -0.1) is 10.2 Å². The second-order valence-electron chi connectivity index (χ2n) is 7.97. The molecule has 0 bridgehead atoms. The van der Waals surface area contributed by atoms with Gasteiger partial charge in [0.15, 0.2) is 5.82 Å². The standard InChI is InChI=1S/C23H28N4OS/c1-7-20(26-29(28)23(4,5)6)19-15-21(27-16(2)13-14-17(27)3)24-25-22(19)18-11-9-8-10-12-18/h7-15,26H,1-6H3/b20-7-/t29-/m1/s1. The first-order valence-electron chi connectivity index (χ1n) is 9.66. The second kappa shape index (κ2) is 8.43. The van der Waals surface area contributed by atoms with Crippen LogP contribution in [-0.2, 0) is 11.4 Å². The van der Waals surface area contributed by atoms with E-state index in [0.29, 0.717) is 0 Å². The van der Waals surface area contributed by atoms with E-state index >= 15 is 0 Å². The molecule has 0 saturated carbocycles. The number of hydrogen-bond acceptors (Lipinski definition) is 4. The molecule has 1 aromatic carbocycles. The Balaban J connectivity index is 2.16. The molecular formula is C23H28N4OS. The van der Waals surface area contributed by atoms with Crippen LogP contribution in [0, 0.1) is 13.8 Å². The van der Waals surface area contributed by atoms with Crippen LogP contribution >= 0.6 is 0 Å². The third-order valence-corrected chi connectivity index (χ3v) is 6.18. The van der Waals surface area contributed by atoms with Crippen molar-refractivity contribution in [3.63, 3.8) is 0 Å². The van der Waals surface area contributed by atoms with Gasteiger partial charge in [0.1, 0.15) is 10.4 Å². The van der Waals surface area contributed by atoms with E-state index in [1.54, 1.807) is 0 Å². The summed E-state index contributed by atoms with van der Waals surface area (Å²) in [6.07, 6.45) is 1.94. The summed E-state index contributed by atoms with van der Waals surface area (Å²) < 4.78 is 17.7. The molecule has 6 heteroatoms. The smallest absolute Gasteiger partial charge is 0.160 e. The monoisotopic (exact) mass is 408 g/mol. The van der Waals surface area contributed by atoms with Gasteiger partial charge in [0.2, 0.25) is 0 Å². The highest BCUT2D eigenvalue weighted by Crippen LogP contribution is 2.29. The molecule has 3 rings (SSSR count). The Kier molecular flexibility index (Phi) is 6.15. The SMILES string of the molecule is C/C=C(\N[S@+]([O-])C(C)(C)C)c1cc(-n2c(C)ccc2C)nnc1-c1ccccc1. The average Bonchev–Trinajstić information content (AvgIpc) is 3.03. The van der Waals surface area contributed by atoms with Gasteiger partial charge >= 0.3 is 0 Å². The third kappa shape index (κ3) is 4.54. The molecule has 0 unspecified atom stereocenters. The van der Waals surface area contributed by atoms with E-state index in [0.717, 1.165) is 39.7 Å². The summed E-state index contributed by atoms with van der Waals surface area (Å²) in [6, 6.07) is 16.1. The van der Waals surface area contributed by atoms with E-state index in [9.17, 15) is 4.55 Å². The fourth-order valence-corrected chi connectivity index (χ4v) is 3.79. The second-order valence-corrected chi connectivity index (χ2v) is 9.93. The summed E-state index contributed by atoms with van der Waals surface area (Å²) in [5, 5.41) is 9.08. The minimum absolute atomic E-state index is 0.391. The Labute approximate surface area is 176 Å². The van der Waals surface area contributed by atoms with Gasteiger partial charge in [-0.25, -0.2) is 4.72 Å². The molecule has 1 atom stereocenters. The van der Waals surface area contributed by atoms with Crippen molar-refractivity contribution in [3.05, 3.63) is 71.6 Å². The number of nitrogens with one attached hydrogen (secondary N) is 1. The van der Waals surface area contributed by atoms with Crippen molar-refractivity contribution in [3.8, 4) is 17.1 Å². The van der Waals surface area contributed by atoms with E-state index in [4.69, 9.17) is 0 Å². The maximum absolute atomic E-state index is 12.8. The van der Waals surface area contributed by atoms with Gasteiger partial charge in [-0.3, -0.25) is 0 Å². The zero-order chi connectivity index (χ0) is 21.2. The van der Waals surface area contributed by atoms with Crippen LogP contribution in [0.2, 0.25) is 0 Å². The molecule has 3 aromatic rings. The Morgan fingerprint density at radius 2 is 1.66 bits per heavy atom. The molecule has 5 nitrogen and oxygen atoms in total. The fraction of sp³-hybridized carbons (Fsp3) is 0.304. The summed E-state index contributed by atoms with van der Waals surface area (Å²) in [7, 11) is 0. The lowest BCUT2D eigenvalue weighted by Gasteiger charge is -2.25. The highest BCUT2D eigenvalue weighted by atomic mass is 32.2. The highest BCUT2D eigenvalue weighted by molar-refractivity contribution is 7.91. The number of aromatic nitrogens is 3. The molecule has 0 radical (unpaired) electrons. The molecule has 0 fully saturated rings. The van der Waals surface area contributed by atoms with Crippen LogP contribution in [0.5, 0.6) is 0 Å². The number of allylic oxidation sites excluding steroid dienone is 1. The maximum Gasteiger partial charge on any atom is 0.160 e. The number of rotatable bonds is 5. The molecule has 152 valence electrons. The third-order valence-electron chi connectivity index (χ3n) is 4.67. The lowest BCUT2D eigenvalue weighted by atomic mass is 10.0. The molecule has 0 aliphatic heterocycles. The molecule has 2 aromatic heterocycles. The average molecular weight is 409 g/mol. The topological polar surface area (TPSA) is 65.8 Å². The van der Waals surface area contributed by atoms with Crippen LogP contribution in [0.25, 0.3) is 22.8 Å². The normalized spacial score (nSPS) is 13.4. The Bertz CT molecular complexity index is 1000. The van der Waals surface area contributed by atoms with Crippen LogP contribution < -0.4 is 4.72 Å². The van der Waals surface area contributed by atoms with Gasteiger partial charge in [0.25, 0.3) is 0 Å². The molecule has 0 amide bonds. The van der Waals surface area contributed by atoms with Crippen LogP contribution in [0.15, 0.2) is 54.6 Å². The summed E-state index contributed by atoms with van der Waals surface area (Å²) in [5.74, 6) is 0.738. The van der Waals surface area contributed by atoms with Crippen LogP contribution in [-0.4, -0.2) is 24.1 Å². The van der Waals surface area contributed by atoms with Crippen LogP contribution in [0.4, 0.5) is 0 Å². The zero-order valence-corrected chi connectivity index (χ0v) is 18.7. The van der Waals surface area contributed by atoms with Gasteiger partial charge in [0.05, 0.1) is 17.1 Å². The Morgan fingerprint density at radius 1 is 1.03 bits per heavy atom. The van der Waals surface area contributed by atoms with E-state index in [1.165, 1.54) is 0 Å². The first kappa shape index (κ1) is 21.1. The summed E-state index contributed by atoms with van der Waals surface area (Å²) >= 11 is -1.26. The van der Waals surface area contributed by atoms with Crippen molar-refractivity contribution in [2.45, 2.75) is 46.3 Å². The molecule has 0 aliphatic carbocycles. The quantitative estimate of drug-likeness (QED) is 0.606. The van der Waals surface area contributed by atoms with E-state index < -0.39 is 16.1 Å². The van der Waals surface area contributed by atoms with Crippen molar-refractivity contribution in [2.75, 3.05) is 0 Å². The lowest BCUT2D eigenvalue weighted by molar-refractivity contribution is 0.554. The molecule has 2 heterocycles. The van der Waals surface area contributed by atoms with E-state index in [2.05, 4.69) is 31.6 Å². The minimum Gasteiger partial charge on any atom is -0.593 e. The van der Waals surface area contributed by atoms with Crippen molar-refractivity contribution < 1.29 is 4.55 Å². The van der Waals surface area contributed by atoms with Crippen molar-refractivity contribution in [2.24, 2.45) is 0 Å². The van der Waals surface area contributed by atoms with Crippen molar-refractivity contribution in [1.82, 2.24) is 19.5 Å². The summed E-state index contributed by atoms with van der Waals surface area (Å²) in [5.41, 5.74) is 5.53. The van der Waals surface area contributed by atoms with Gasteiger partial charge in [0, 0.05) is 22.5 Å². The molecular weight excluding hydrogens is 380 g/mol. The predicted molar refractivity (Wildman–Crippen MR) is 121 cm³/mol. The highest BCUT2D eigenvalue weighted by Gasteiger charge is 2.28. The maximum atomic E-state index is 12.8. The lowest BCUT2D eigenvalue weighted by Crippen LogP contribution is -2.38. The van der Waals surface area contributed by atoms with Crippen molar-refractivity contribution in [1.29, 1.82) is 0 Å². The van der Waals surface area contributed by atoms with Crippen molar-refractivity contribution >= 4 is 17.1 Å². The first-order valence-corrected chi connectivity index (χ1v) is 10.8. The molecule has 1 N–H and O–H groups in total. The molecule has 29 heavy (non-hydrogen) atoms. The minimum atomic E-state index is -1.26. The number of aryl methyl sites for hydroxylation is 2. The largest absolute Gasteiger partial charge is 0.593 e. The van der Waals surface area contributed by atoms with Gasteiger partial charge < -0.3 is 9.12 Å². The number of hydrogen-bond donors (Lipinski definition) is 1. The zero-order valence-electron chi connectivity index (χ0n) is 17.9. The molecule has 0 aliphatic rings. The van der Waals surface area contributed by atoms with E-state index in [-0.39, 0.29) is 0 Å². The molecule has 0 spiro atoms. The Morgan fingerprint density at radius 3 is 2.21 bits per heavy atom.